The molecule has 0 unspecified atom stereocenters. The maximum Gasteiger partial charge on any atom is 0.336 e. The maximum absolute atomic E-state index is 12.5. The lowest BCUT2D eigenvalue weighted by Crippen LogP contribution is -2.47. The van der Waals surface area contributed by atoms with Gasteiger partial charge < -0.3 is 24.1 Å². The molecular formula is C22H26N2O6. The Hall–Kier alpha value is -2.71. The van der Waals surface area contributed by atoms with E-state index in [1.54, 1.807) is 17.0 Å². The first-order valence-corrected chi connectivity index (χ1v) is 10.3. The van der Waals surface area contributed by atoms with Crippen molar-refractivity contribution in [2.75, 3.05) is 31.6 Å². The molecule has 2 fully saturated rings. The van der Waals surface area contributed by atoms with Gasteiger partial charge in [0.05, 0.1) is 13.2 Å². The third-order valence-corrected chi connectivity index (χ3v) is 5.83. The zero-order valence-electron chi connectivity index (χ0n) is 17.3. The molecule has 8 nitrogen and oxygen atoms in total. The van der Waals surface area contributed by atoms with Gasteiger partial charge in [-0.25, -0.2) is 4.79 Å². The summed E-state index contributed by atoms with van der Waals surface area (Å²) in [5.74, 6) is -0.776. The fraction of sp³-hybridized carbons (Fsp3) is 0.500. The van der Waals surface area contributed by atoms with Gasteiger partial charge in [-0.15, -0.1) is 0 Å². The number of hydrogen-bond acceptors (Lipinski definition) is 6. The van der Waals surface area contributed by atoms with E-state index in [4.69, 9.17) is 13.9 Å². The molecule has 1 spiro atoms. The summed E-state index contributed by atoms with van der Waals surface area (Å²) in [7, 11) is 0. The van der Waals surface area contributed by atoms with E-state index in [1.165, 1.54) is 6.07 Å². The second kappa shape index (κ2) is 8.20. The molecule has 160 valence electrons. The van der Waals surface area contributed by atoms with Crippen LogP contribution in [0.1, 0.15) is 36.8 Å². The highest BCUT2D eigenvalue weighted by atomic mass is 16.7. The largest absolute Gasteiger partial charge is 0.423 e. The number of rotatable bonds is 4. The Morgan fingerprint density at radius 2 is 1.73 bits per heavy atom. The highest BCUT2D eigenvalue weighted by Gasteiger charge is 2.40. The highest BCUT2D eigenvalue weighted by molar-refractivity contribution is 5.96. The fourth-order valence-corrected chi connectivity index (χ4v) is 4.07. The smallest absolute Gasteiger partial charge is 0.336 e. The lowest BCUT2D eigenvalue weighted by Gasteiger charge is -2.37. The predicted molar refractivity (Wildman–Crippen MR) is 110 cm³/mol. The maximum atomic E-state index is 12.5. The van der Waals surface area contributed by atoms with E-state index < -0.39 is 11.4 Å². The summed E-state index contributed by atoms with van der Waals surface area (Å²) in [5.41, 5.74) is 2.30. The average Bonchev–Trinajstić information content (AvgIpc) is 3.15. The molecule has 0 radical (unpaired) electrons. The molecule has 0 saturated carbocycles. The van der Waals surface area contributed by atoms with Crippen molar-refractivity contribution >= 4 is 28.5 Å². The van der Waals surface area contributed by atoms with Crippen molar-refractivity contribution in [3.05, 3.63) is 39.7 Å². The second-order valence-electron chi connectivity index (χ2n) is 7.95. The summed E-state index contributed by atoms with van der Waals surface area (Å²) in [6.45, 7) is 6.02. The van der Waals surface area contributed by atoms with Gasteiger partial charge in [-0.05, 0) is 37.1 Å². The molecular weight excluding hydrogens is 388 g/mol. The van der Waals surface area contributed by atoms with E-state index in [9.17, 15) is 14.4 Å². The van der Waals surface area contributed by atoms with Crippen molar-refractivity contribution in [1.82, 2.24) is 4.90 Å². The number of amides is 2. The summed E-state index contributed by atoms with van der Waals surface area (Å²) in [4.78, 5) is 38.3. The minimum Gasteiger partial charge on any atom is -0.423 e. The summed E-state index contributed by atoms with van der Waals surface area (Å²) < 4.78 is 16.6. The van der Waals surface area contributed by atoms with E-state index in [1.807, 2.05) is 13.8 Å². The zero-order chi connectivity index (χ0) is 21.3. The number of anilines is 1. The molecule has 1 N–H and O–H groups in total. The minimum absolute atomic E-state index is 0.0362. The zero-order valence-corrected chi connectivity index (χ0v) is 17.3. The third kappa shape index (κ3) is 4.24. The van der Waals surface area contributed by atoms with Crippen molar-refractivity contribution in [2.45, 2.75) is 45.3 Å². The number of fused-ring (bicyclic) bond motifs is 1. The molecule has 3 heterocycles. The Kier molecular flexibility index (Phi) is 5.62. The molecule has 0 atom stereocenters. The van der Waals surface area contributed by atoms with Crippen LogP contribution in [0.25, 0.3) is 11.0 Å². The van der Waals surface area contributed by atoms with E-state index in [2.05, 4.69) is 5.32 Å². The number of carbonyl (C=O) groups excluding carboxylic acids is 2. The molecule has 2 saturated heterocycles. The number of benzene rings is 1. The van der Waals surface area contributed by atoms with Gasteiger partial charge in [0.25, 0.3) is 0 Å². The van der Waals surface area contributed by atoms with Crippen molar-refractivity contribution in [1.29, 1.82) is 0 Å². The molecule has 30 heavy (non-hydrogen) atoms. The Morgan fingerprint density at radius 3 is 2.43 bits per heavy atom. The van der Waals surface area contributed by atoms with Gasteiger partial charge in [0.2, 0.25) is 11.8 Å². The van der Waals surface area contributed by atoms with Gasteiger partial charge in [0, 0.05) is 55.9 Å². The normalized spacial score (nSPS) is 18.1. The first kappa shape index (κ1) is 20.6. The Morgan fingerprint density at radius 1 is 1.03 bits per heavy atom. The third-order valence-electron chi connectivity index (χ3n) is 5.83. The minimum atomic E-state index is -0.515. The molecule has 1 aromatic heterocycles. The molecule has 2 amide bonds. The SMILES string of the molecule is Cc1cc2oc(=O)cc(C)c2cc1NC(=O)CCC(=O)N1CCC2(CC1)OCCO2. The van der Waals surface area contributed by atoms with E-state index >= 15 is 0 Å². The Bertz CT molecular complexity index is 1030. The van der Waals surface area contributed by atoms with Crippen LogP contribution in [0.5, 0.6) is 0 Å². The highest BCUT2D eigenvalue weighted by Crippen LogP contribution is 2.31. The molecule has 0 aliphatic carbocycles. The average molecular weight is 414 g/mol. The van der Waals surface area contributed by atoms with Crippen LogP contribution in [0.15, 0.2) is 27.4 Å². The van der Waals surface area contributed by atoms with Crippen LogP contribution >= 0.6 is 0 Å². The first-order valence-electron chi connectivity index (χ1n) is 10.3. The molecule has 2 aromatic rings. The van der Waals surface area contributed by atoms with Crippen molar-refractivity contribution in [2.24, 2.45) is 0 Å². The van der Waals surface area contributed by atoms with Gasteiger partial charge in [-0.3, -0.25) is 9.59 Å². The van der Waals surface area contributed by atoms with Gasteiger partial charge in [-0.2, -0.15) is 0 Å². The molecule has 1 aromatic carbocycles. The summed E-state index contributed by atoms with van der Waals surface area (Å²) >= 11 is 0. The Labute approximate surface area is 174 Å². The molecule has 2 aliphatic rings. The van der Waals surface area contributed by atoms with Crippen molar-refractivity contribution < 1.29 is 23.5 Å². The predicted octanol–water partition coefficient (Wildman–Crippen LogP) is 2.49. The van der Waals surface area contributed by atoms with Gasteiger partial charge >= 0.3 is 5.63 Å². The first-order chi connectivity index (χ1) is 14.3. The molecule has 8 heteroatoms. The number of piperidine rings is 1. The number of hydrogen-bond donors (Lipinski definition) is 1. The van der Waals surface area contributed by atoms with Crippen LogP contribution in [0.2, 0.25) is 0 Å². The van der Waals surface area contributed by atoms with Gasteiger partial charge in [0.15, 0.2) is 5.79 Å². The van der Waals surface area contributed by atoms with E-state index in [-0.39, 0.29) is 24.7 Å². The van der Waals surface area contributed by atoms with Crippen molar-refractivity contribution in [3.8, 4) is 0 Å². The Balaban J connectivity index is 1.33. The quantitative estimate of drug-likeness (QED) is 0.772. The number of carbonyl (C=O) groups is 2. The number of ether oxygens (including phenoxy) is 2. The molecule has 0 bridgehead atoms. The molecule has 4 rings (SSSR count). The van der Waals surface area contributed by atoms with Crippen LogP contribution < -0.4 is 10.9 Å². The number of nitrogens with one attached hydrogen (secondary N) is 1. The van der Waals surface area contributed by atoms with Crippen LogP contribution in [0.3, 0.4) is 0 Å². The number of likely N-dealkylation sites (tertiary alicyclic amines) is 1. The lowest BCUT2D eigenvalue weighted by atomic mass is 10.0. The molecule has 2 aliphatic heterocycles. The van der Waals surface area contributed by atoms with Crippen molar-refractivity contribution in [3.63, 3.8) is 0 Å². The van der Waals surface area contributed by atoms with E-state index in [0.717, 1.165) is 16.5 Å². The van der Waals surface area contributed by atoms with Crippen LogP contribution in [0.4, 0.5) is 5.69 Å². The van der Waals surface area contributed by atoms with E-state index in [0.29, 0.717) is 50.4 Å². The lowest BCUT2D eigenvalue weighted by molar-refractivity contribution is -0.187. The monoisotopic (exact) mass is 414 g/mol. The van der Waals surface area contributed by atoms with Crippen LogP contribution in [-0.4, -0.2) is 48.8 Å². The second-order valence-corrected chi connectivity index (χ2v) is 7.95. The fourth-order valence-electron chi connectivity index (χ4n) is 4.07. The van der Waals surface area contributed by atoms with Gasteiger partial charge in [0.1, 0.15) is 5.58 Å². The van der Waals surface area contributed by atoms with Gasteiger partial charge in [-0.1, -0.05) is 0 Å². The van der Waals surface area contributed by atoms with Crippen LogP contribution in [0, 0.1) is 13.8 Å². The summed E-state index contributed by atoms with van der Waals surface area (Å²) in [6.07, 6.45) is 1.59. The topological polar surface area (TPSA) is 98.1 Å². The standard InChI is InChI=1S/C22H26N2O6/c1-14-12-21(27)30-18-11-15(2)17(13-16(14)18)23-19(25)3-4-20(26)24-7-5-22(6-8-24)28-9-10-29-22/h11-13H,3-10H2,1-2H3,(H,23,25). The summed E-state index contributed by atoms with van der Waals surface area (Å²) in [6, 6.07) is 4.96. The van der Waals surface area contributed by atoms with Crippen LogP contribution in [-0.2, 0) is 19.1 Å². The number of nitrogens with zero attached hydrogens (tertiary/aromatic N) is 1. The summed E-state index contributed by atoms with van der Waals surface area (Å²) in [5, 5.41) is 3.64. The number of aryl methyl sites for hydroxylation is 2.